The summed E-state index contributed by atoms with van der Waals surface area (Å²) in [5.74, 6) is -1.73. The first-order valence-electron chi connectivity index (χ1n) is 6.47. The number of nitrogens with one attached hydrogen (secondary N) is 1. The summed E-state index contributed by atoms with van der Waals surface area (Å²) in [5.41, 5.74) is -0.0102. The number of esters is 1. The number of carbonyl (C=O) groups is 2. The summed E-state index contributed by atoms with van der Waals surface area (Å²) in [4.78, 5) is 24.2. The van der Waals surface area contributed by atoms with E-state index in [0.29, 0.717) is 6.42 Å². The summed E-state index contributed by atoms with van der Waals surface area (Å²) in [6.45, 7) is -0.453. The van der Waals surface area contributed by atoms with E-state index >= 15 is 0 Å². The minimum atomic E-state index is -0.648. The minimum absolute atomic E-state index is 0.0102. The van der Waals surface area contributed by atoms with Gasteiger partial charge in [0.2, 0.25) is 0 Å². The first kappa shape index (κ1) is 16.5. The van der Waals surface area contributed by atoms with E-state index in [1.165, 1.54) is 12.1 Å². The van der Waals surface area contributed by atoms with Crippen LogP contribution in [0.4, 0.5) is 10.1 Å². The quantitative estimate of drug-likeness (QED) is 0.816. The van der Waals surface area contributed by atoms with E-state index in [1.54, 1.807) is 11.3 Å². The van der Waals surface area contributed by atoms with Crippen LogP contribution in [0, 0.1) is 5.82 Å². The number of ether oxygens (including phenoxy) is 1. The molecular formula is C15H13ClFNO3S. The Hall–Kier alpha value is -1.92. The number of amides is 1. The average molecular weight is 342 g/mol. The van der Waals surface area contributed by atoms with E-state index in [4.69, 9.17) is 16.3 Å². The lowest BCUT2D eigenvalue weighted by Gasteiger charge is -2.07. The smallest absolute Gasteiger partial charge is 0.306 e. The Morgan fingerprint density at radius 2 is 2.14 bits per heavy atom. The minimum Gasteiger partial charge on any atom is -0.456 e. The van der Waals surface area contributed by atoms with Crippen molar-refractivity contribution in [1.82, 2.24) is 0 Å². The van der Waals surface area contributed by atoms with E-state index in [2.05, 4.69) is 5.32 Å². The molecule has 4 nitrogen and oxygen atoms in total. The lowest BCUT2D eigenvalue weighted by Crippen LogP contribution is -2.21. The predicted molar refractivity (Wildman–Crippen MR) is 83.6 cm³/mol. The number of hydrogen-bond donors (Lipinski definition) is 1. The molecule has 1 N–H and O–H groups in total. The fourth-order valence-corrected chi connectivity index (χ4v) is 2.54. The highest BCUT2D eigenvalue weighted by molar-refractivity contribution is 7.09. The Morgan fingerprint density at radius 3 is 2.82 bits per heavy atom. The van der Waals surface area contributed by atoms with E-state index in [0.717, 1.165) is 10.9 Å². The Kier molecular flexibility index (Phi) is 5.91. The van der Waals surface area contributed by atoms with Gasteiger partial charge in [0.25, 0.3) is 5.91 Å². The van der Waals surface area contributed by atoms with Crippen molar-refractivity contribution in [1.29, 1.82) is 0 Å². The van der Waals surface area contributed by atoms with Crippen molar-refractivity contribution in [3.05, 3.63) is 51.4 Å². The number of halogens is 2. The van der Waals surface area contributed by atoms with Crippen molar-refractivity contribution in [2.24, 2.45) is 0 Å². The molecule has 0 atom stereocenters. The third-order valence-corrected chi connectivity index (χ3v) is 3.90. The molecule has 0 spiro atoms. The van der Waals surface area contributed by atoms with Crippen LogP contribution in [0.3, 0.4) is 0 Å². The van der Waals surface area contributed by atoms with Crippen LogP contribution >= 0.6 is 22.9 Å². The number of aryl methyl sites for hydroxylation is 1. The molecule has 0 saturated heterocycles. The van der Waals surface area contributed by atoms with Gasteiger partial charge in [-0.1, -0.05) is 17.7 Å². The third kappa shape index (κ3) is 5.13. The fourth-order valence-electron chi connectivity index (χ4n) is 1.68. The molecule has 0 bridgehead atoms. The fraction of sp³-hybridized carbons (Fsp3) is 0.200. The van der Waals surface area contributed by atoms with Crippen LogP contribution < -0.4 is 5.32 Å². The first-order chi connectivity index (χ1) is 10.5. The van der Waals surface area contributed by atoms with Gasteiger partial charge in [-0.3, -0.25) is 9.59 Å². The zero-order chi connectivity index (χ0) is 15.9. The van der Waals surface area contributed by atoms with Crippen molar-refractivity contribution in [2.75, 3.05) is 11.9 Å². The number of hydrogen-bond acceptors (Lipinski definition) is 4. The van der Waals surface area contributed by atoms with Gasteiger partial charge in [-0.05, 0) is 36.1 Å². The number of rotatable bonds is 6. The van der Waals surface area contributed by atoms with Gasteiger partial charge in [-0.15, -0.1) is 11.3 Å². The molecule has 0 aliphatic carbocycles. The molecule has 7 heteroatoms. The normalized spacial score (nSPS) is 10.3. The highest BCUT2D eigenvalue weighted by Crippen LogP contribution is 2.18. The largest absolute Gasteiger partial charge is 0.456 e. The van der Waals surface area contributed by atoms with E-state index in [9.17, 15) is 14.0 Å². The summed E-state index contributed by atoms with van der Waals surface area (Å²) in [6.07, 6.45) is 0.771. The summed E-state index contributed by atoms with van der Waals surface area (Å²) in [6, 6.07) is 7.71. The molecule has 0 fully saturated rings. The highest BCUT2D eigenvalue weighted by Gasteiger charge is 2.11. The molecule has 1 aromatic heterocycles. The molecular weight excluding hydrogens is 329 g/mol. The zero-order valence-electron chi connectivity index (χ0n) is 11.5. The standard InChI is InChI=1S/C15H13ClFNO3S/c16-10-3-5-13(12(17)8-10)18-14(19)9-21-15(20)6-4-11-2-1-7-22-11/h1-3,5,7-8H,4,6,9H2,(H,18,19). The lowest BCUT2D eigenvalue weighted by atomic mass is 10.3. The molecule has 0 saturated carbocycles. The van der Waals surface area contributed by atoms with Crippen LogP contribution in [0.2, 0.25) is 5.02 Å². The second-order valence-corrected chi connectivity index (χ2v) is 5.88. The summed E-state index contributed by atoms with van der Waals surface area (Å²) < 4.78 is 18.3. The molecule has 22 heavy (non-hydrogen) atoms. The molecule has 116 valence electrons. The Bertz CT molecular complexity index is 661. The summed E-state index contributed by atoms with van der Waals surface area (Å²) in [7, 11) is 0. The molecule has 0 aliphatic rings. The molecule has 0 aliphatic heterocycles. The van der Waals surface area contributed by atoms with E-state index in [1.807, 2.05) is 17.5 Å². The Morgan fingerprint density at radius 1 is 1.32 bits per heavy atom. The maximum atomic E-state index is 13.5. The molecule has 0 radical (unpaired) electrons. The van der Waals surface area contributed by atoms with Gasteiger partial charge in [-0.25, -0.2) is 4.39 Å². The maximum Gasteiger partial charge on any atom is 0.306 e. The van der Waals surface area contributed by atoms with Crippen molar-refractivity contribution < 1.29 is 18.7 Å². The van der Waals surface area contributed by atoms with Gasteiger partial charge in [-0.2, -0.15) is 0 Å². The van der Waals surface area contributed by atoms with Gasteiger partial charge >= 0.3 is 5.97 Å². The van der Waals surface area contributed by atoms with Crippen molar-refractivity contribution in [3.63, 3.8) is 0 Å². The predicted octanol–water partition coefficient (Wildman–Crippen LogP) is 3.66. The van der Waals surface area contributed by atoms with Crippen LogP contribution in [0.25, 0.3) is 0 Å². The van der Waals surface area contributed by atoms with Crippen molar-refractivity contribution in [2.45, 2.75) is 12.8 Å². The molecule has 1 amide bonds. The lowest BCUT2D eigenvalue weighted by molar-refractivity contribution is -0.147. The monoisotopic (exact) mass is 341 g/mol. The van der Waals surface area contributed by atoms with Gasteiger partial charge in [0, 0.05) is 9.90 Å². The number of anilines is 1. The maximum absolute atomic E-state index is 13.5. The second-order valence-electron chi connectivity index (χ2n) is 4.41. The summed E-state index contributed by atoms with van der Waals surface area (Å²) >= 11 is 7.17. The van der Waals surface area contributed by atoms with Crippen LogP contribution in [0.1, 0.15) is 11.3 Å². The molecule has 1 aromatic carbocycles. The third-order valence-electron chi connectivity index (χ3n) is 2.73. The number of carbonyl (C=O) groups excluding carboxylic acids is 2. The van der Waals surface area contributed by atoms with Gasteiger partial charge in [0.15, 0.2) is 6.61 Å². The highest BCUT2D eigenvalue weighted by atomic mass is 35.5. The van der Waals surface area contributed by atoms with E-state index in [-0.39, 0.29) is 17.1 Å². The van der Waals surface area contributed by atoms with Crippen molar-refractivity contribution in [3.8, 4) is 0 Å². The van der Waals surface area contributed by atoms with Gasteiger partial charge in [0.05, 0.1) is 12.1 Å². The van der Waals surface area contributed by atoms with Gasteiger partial charge in [0.1, 0.15) is 5.82 Å². The van der Waals surface area contributed by atoms with Crippen molar-refractivity contribution >= 4 is 40.5 Å². The van der Waals surface area contributed by atoms with Crippen LogP contribution in [-0.4, -0.2) is 18.5 Å². The Labute approximate surface area is 135 Å². The second kappa shape index (κ2) is 7.91. The number of thiophene rings is 1. The SMILES string of the molecule is O=C(COC(=O)CCc1cccs1)Nc1ccc(Cl)cc1F. The summed E-state index contributed by atoms with van der Waals surface area (Å²) in [5, 5.41) is 4.47. The van der Waals surface area contributed by atoms with Crippen LogP contribution in [-0.2, 0) is 20.7 Å². The Balaban J connectivity index is 1.74. The topological polar surface area (TPSA) is 55.4 Å². The average Bonchev–Trinajstić information content (AvgIpc) is 2.99. The van der Waals surface area contributed by atoms with E-state index < -0.39 is 24.3 Å². The molecule has 2 aromatic rings. The molecule has 1 heterocycles. The van der Waals surface area contributed by atoms with Gasteiger partial charge < -0.3 is 10.1 Å². The number of benzene rings is 1. The van der Waals surface area contributed by atoms with Crippen LogP contribution in [0.5, 0.6) is 0 Å². The molecule has 0 unspecified atom stereocenters. The van der Waals surface area contributed by atoms with Crippen LogP contribution in [0.15, 0.2) is 35.7 Å². The molecule has 2 rings (SSSR count). The first-order valence-corrected chi connectivity index (χ1v) is 7.73. The zero-order valence-corrected chi connectivity index (χ0v) is 13.0.